The fourth-order valence-corrected chi connectivity index (χ4v) is 4.97. The van der Waals surface area contributed by atoms with Gasteiger partial charge in [-0.05, 0) is 53.3 Å². The van der Waals surface area contributed by atoms with Crippen molar-refractivity contribution in [1.29, 1.82) is 5.26 Å². The molecule has 0 radical (unpaired) electrons. The monoisotopic (exact) mass is 427 g/mol. The second-order valence-electron chi connectivity index (χ2n) is 8.04. The third-order valence-corrected chi connectivity index (χ3v) is 6.31. The Morgan fingerprint density at radius 2 is 1.97 bits per heavy atom. The first-order valence-corrected chi connectivity index (χ1v) is 9.89. The molecular weight excluding hydrogens is 410 g/mol. The van der Waals surface area contributed by atoms with E-state index < -0.39 is 36.4 Å². The maximum absolute atomic E-state index is 14.6. The molecule has 0 fully saturated rings. The van der Waals surface area contributed by atoms with Crippen molar-refractivity contribution in [3.63, 3.8) is 0 Å². The van der Waals surface area contributed by atoms with Crippen molar-refractivity contribution < 1.29 is 22.7 Å². The van der Waals surface area contributed by atoms with Gasteiger partial charge in [-0.3, -0.25) is 0 Å². The van der Waals surface area contributed by atoms with Crippen molar-refractivity contribution in [2.24, 2.45) is 0 Å². The first-order chi connectivity index (χ1) is 14.8. The zero-order valence-corrected chi connectivity index (χ0v) is 16.2. The van der Waals surface area contributed by atoms with E-state index in [1.807, 2.05) is 6.07 Å². The highest BCUT2D eigenvalue weighted by Crippen LogP contribution is 2.52. The fourth-order valence-electron chi connectivity index (χ4n) is 4.97. The summed E-state index contributed by atoms with van der Waals surface area (Å²) >= 11 is 0. The molecule has 8 heteroatoms. The number of aromatic nitrogens is 2. The van der Waals surface area contributed by atoms with Gasteiger partial charge in [0.2, 0.25) is 0 Å². The van der Waals surface area contributed by atoms with E-state index in [2.05, 4.69) is 4.98 Å². The molecule has 3 aromatic rings. The van der Waals surface area contributed by atoms with Crippen molar-refractivity contribution in [2.45, 2.75) is 43.4 Å². The van der Waals surface area contributed by atoms with Crippen LogP contribution in [0.25, 0.3) is 5.69 Å². The second-order valence-corrected chi connectivity index (χ2v) is 8.04. The number of hydrogen-bond acceptors (Lipinski definition) is 3. The van der Waals surface area contributed by atoms with Gasteiger partial charge in [0.15, 0.2) is 0 Å². The van der Waals surface area contributed by atoms with E-state index in [0.717, 1.165) is 12.1 Å². The average Bonchev–Trinajstić information content (AvgIpc) is 3.35. The maximum Gasteiger partial charge on any atom is 0.281 e. The van der Waals surface area contributed by atoms with Gasteiger partial charge in [-0.25, -0.2) is 22.5 Å². The Hall–Kier alpha value is -3.18. The van der Waals surface area contributed by atoms with E-state index in [-0.39, 0.29) is 35.1 Å². The van der Waals surface area contributed by atoms with Crippen LogP contribution in [0.3, 0.4) is 0 Å². The third kappa shape index (κ3) is 2.95. The number of aliphatic hydroxyl groups is 1. The summed E-state index contributed by atoms with van der Waals surface area (Å²) in [7, 11) is 0. The lowest BCUT2D eigenvalue weighted by atomic mass is 9.74. The predicted molar refractivity (Wildman–Crippen MR) is 103 cm³/mol. The lowest BCUT2D eigenvalue weighted by Gasteiger charge is -2.31. The van der Waals surface area contributed by atoms with Gasteiger partial charge in [0.05, 0.1) is 23.6 Å². The molecule has 1 aromatic heterocycles. The molecule has 3 atom stereocenters. The first kappa shape index (κ1) is 19.8. The average molecular weight is 427 g/mol. The molecule has 0 saturated carbocycles. The molecule has 2 aliphatic carbocycles. The summed E-state index contributed by atoms with van der Waals surface area (Å²) in [5.74, 6) is -4.63. The van der Waals surface area contributed by atoms with Crippen LogP contribution in [0.2, 0.25) is 0 Å². The first-order valence-electron chi connectivity index (χ1n) is 9.89. The van der Waals surface area contributed by atoms with Crippen molar-refractivity contribution in [3.8, 4) is 11.8 Å². The number of hydrogen-bond donors (Lipinski definition) is 1. The minimum Gasteiger partial charge on any atom is -0.382 e. The van der Waals surface area contributed by atoms with Gasteiger partial charge in [-0.2, -0.15) is 5.26 Å². The third-order valence-electron chi connectivity index (χ3n) is 6.31. The summed E-state index contributed by atoms with van der Waals surface area (Å²) < 4.78 is 59.4. The van der Waals surface area contributed by atoms with E-state index in [0.29, 0.717) is 16.8 Å². The Bertz CT molecular complexity index is 1220. The summed E-state index contributed by atoms with van der Waals surface area (Å²) in [5, 5.41) is 20.0. The Balaban J connectivity index is 1.75. The lowest BCUT2D eigenvalue weighted by Crippen LogP contribution is -2.22. The second kappa shape index (κ2) is 6.92. The van der Waals surface area contributed by atoms with Crippen molar-refractivity contribution in [2.75, 3.05) is 0 Å². The van der Waals surface area contributed by atoms with Crippen LogP contribution in [0.15, 0.2) is 43.0 Å². The zero-order valence-electron chi connectivity index (χ0n) is 16.2. The predicted octanol–water partition coefficient (Wildman–Crippen LogP) is 5.04. The molecule has 0 aliphatic heterocycles. The number of aliphatic hydroxyl groups excluding tert-OH is 1. The Kier molecular flexibility index (Phi) is 4.41. The van der Waals surface area contributed by atoms with Crippen LogP contribution in [-0.4, -0.2) is 20.6 Å². The standard InChI is InChI=1S/C23H17F4N3O/c24-13-7-12(10-28)20-15(1-3-18(25)16(20)8-13)14-2-4-19(30-6-5-29-11-30)21-17(14)9-23(26,27)22(21)31/h2,4-8,11,15,18,22,31H,1,3,9H2/t15-,18+,22+/m1/s1. The quantitative estimate of drug-likeness (QED) is 0.583. The Labute approximate surface area is 175 Å². The number of nitriles is 1. The molecule has 0 saturated heterocycles. The molecular formula is C23H17F4N3O. The van der Waals surface area contributed by atoms with Crippen LogP contribution in [-0.2, 0) is 6.42 Å². The topological polar surface area (TPSA) is 61.8 Å². The molecule has 2 aliphatic rings. The number of benzene rings is 2. The minimum atomic E-state index is -3.37. The van der Waals surface area contributed by atoms with Crippen LogP contribution >= 0.6 is 0 Å². The smallest absolute Gasteiger partial charge is 0.281 e. The number of imidazole rings is 1. The van der Waals surface area contributed by atoms with Gasteiger partial charge >= 0.3 is 0 Å². The number of alkyl halides is 3. The minimum absolute atomic E-state index is 0.0000849. The fraction of sp³-hybridized carbons (Fsp3) is 0.304. The molecule has 0 bridgehead atoms. The molecule has 5 rings (SSSR count). The SMILES string of the molecule is N#Cc1cc(F)cc2c1[C@@H](c1ccc(-n3ccnc3)c3c1CC(F)(F)[C@H]3O)CC[C@@H]2F. The van der Waals surface area contributed by atoms with Crippen molar-refractivity contribution >= 4 is 0 Å². The summed E-state index contributed by atoms with van der Waals surface area (Å²) in [6.45, 7) is 0. The maximum atomic E-state index is 14.6. The van der Waals surface area contributed by atoms with Gasteiger partial charge < -0.3 is 9.67 Å². The number of fused-ring (bicyclic) bond motifs is 2. The molecule has 1 N–H and O–H groups in total. The van der Waals surface area contributed by atoms with Gasteiger partial charge in [-0.15, -0.1) is 0 Å². The van der Waals surface area contributed by atoms with Crippen LogP contribution in [0.1, 0.15) is 64.4 Å². The number of rotatable bonds is 2. The molecule has 2 aromatic carbocycles. The zero-order chi connectivity index (χ0) is 21.9. The summed E-state index contributed by atoms with van der Waals surface area (Å²) in [5.41, 5.74) is 1.71. The van der Waals surface area contributed by atoms with E-state index >= 15 is 0 Å². The molecule has 0 amide bonds. The number of halogens is 4. The van der Waals surface area contributed by atoms with Crippen LogP contribution in [0.5, 0.6) is 0 Å². The molecule has 0 spiro atoms. The highest BCUT2D eigenvalue weighted by atomic mass is 19.3. The van der Waals surface area contributed by atoms with E-state index in [1.165, 1.54) is 12.5 Å². The molecule has 158 valence electrons. The normalized spacial score (nSPS) is 23.8. The largest absolute Gasteiger partial charge is 0.382 e. The summed E-state index contributed by atoms with van der Waals surface area (Å²) in [6, 6.07) is 7.36. The van der Waals surface area contributed by atoms with Gasteiger partial charge in [-0.1, -0.05) is 6.07 Å². The van der Waals surface area contributed by atoms with Crippen molar-refractivity contribution in [3.05, 3.63) is 82.2 Å². The molecule has 31 heavy (non-hydrogen) atoms. The molecule has 1 heterocycles. The Morgan fingerprint density at radius 1 is 1.16 bits per heavy atom. The van der Waals surface area contributed by atoms with Gasteiger partial charge in [0.1, 0.15) is 18.1 Å². The van der Waals surface area contributed by atoms with Crippen LogP contribution in [0, 0.1) is 17.1 Å². The highest BCUT2D eigenvalue weighted by molar-refractivity contribution is 5.60. The Morgan fingerprint density at radius 3 is 2.68 bits per heavy atom. The van der Waals surface area contributed by atoms with Gasteiger partial charge in [0, 0.05) is 30.3 Å². The van der Waals surface area contributed by atoms with Crippen LogP contribution in [0.4, 0.5) is 17.6 Å². The summed E-state index contributed by atoms with van der Waals surface area (Å²) in [6.07, 6.45) is 0.828. The van der Waals surface area contributed by atoms with Crippen LogP contribution < -0.4 is 0 Å². The van der Waals surface area contributed by atoms with Crippen molar-refractivity contribution in [1.82, 2.24) is 9.55 Å². The highest BCUT2D eigenvalue weighted by Gasteiger charge is 2.50. The van der Waals surface area contributed by atoms with E-state index in [1.54, 1.807) is 22.9 Å². The molecule has 0 unspecified atom stereocenters. The molecule has 4 nitrogen and oxygen atoms in total. The number of nitrogens with zero attached hydrogens (tertiary/aromatic N) is 3. The lowest BCUT2D eigenvalue weighted by molar-refractivity contribution is -0.0968. The van der Waals surface area contributed by atoms with Gasteiger partial charge in [0.25, 0.3) is 5.92 Å². The van der Waals surface area contributed by atoms with E-state index in [4.69, 9.17) is 0 Å². The summed E-state index contributed by atoms with van der Waals surface area (Å²) in [4.78, 5) is 3.95. The van der Waals surface area contributed by atoms with E-state index in [9.17, 15) is 27.9 Å².